The fourth-order valence-corrected chi connectivity index (χ4v) is 5.21. The number of ether oxygens (including phenoxy) is 1. The van der Waals surface area contributed by atoms with Crippen LogP contribution in [0.4, 0.5) is 5.69 Å². The average Bonchev–Trinajstić information content (AvgIpc) is 3.41. The second-order valence-corrected chi connectivity index (χ2v) is 10.2. The van der Waals surface area contributed by atoms with Crippen molar-refractivity contribution in [3.8, 4) is 0 Å². The van der Waals surface area contributed by atoms with Crippen molar-refractivity contribution in [2.75, 3.05) is 17.9 Å². The SMILES string of the molecule is CCCc1ccc(S(=O)(=O)Nc2ccc(C3(C(=O)NC[C@@H]4CCCO4)CC3)cc2)cc1. The number of nitrogens with one attached hydrogen (secondary N) is 2. The van der Waals surface area contributed by atoms with Crippen LogP contribution >= 0.6 is 0 Å². The van der Waals surface area contributed by atoms with Crippen LogP contribution in [0.15, 0.2) is 53.4 Å². The maximum Gasteiger partial charge on any atom is 0.261 e. The van der Waals surface area contributed by atoms with Crippen molar-refractivity contribution in [2.45, 2.75) is 61.9 Å². The Bertz CT molecular complexity index is 1010. The molecule has 0 bridgehead atoms. The Kier molecular flexibility index (Phi) is 6.34. The highest BCUT2D eigenvalue weighted by atomic mass is 32.2. The molecule has 2 aromatic rings. The molecule has 166 valence electrons. The second-order valence-electron chi connectivity index (χ2n) is 8.50. The standard InChI is InChI=1S/C24H30N2O4S/c1-2-4-18-6-12-22(13-7-18)31(28,29)26-20-10-8-19(9-11-20)24(14-15-24)23(27)25-17-21-5-3-16-30-21/h6-13,21,26H,2-5,14-17H2,1H3,(H,25,27)/t21-/m0/s1. The zero-order valence-corrected chi connectivity index (χ0v) is 18.7. The van der Waals surface area contributed by atoms with Crippen molar-refractivity contribution in [3.05, 3.63) is 59.7 Å². The molecular weight excluding hydrogens is 412 g/mol. The lowest BCUT2D eigenvalue weighted by atomic mass is 9.94. The normalized spacial score (nSPS) is 19.7. The summed E-state index contributed by atoms with van der Waals surface area (Å²) in [5.41, 5.74) is 2.03. The monoisotopic (exact) mass is 442 g/mol. The number of rotatable bonds is 9. The molecular formula is C24H30N2O4S. The van der Waals surface area contributed by atoms with Gasteiger partial charge in [0.15, 0.2) is 0 Å². The fraction of sp³-hybridized carbons (Fsp3) is 0.458. The van der Waals surface area contributed by atoms with Gasteiger partial charge in [-0.05, 0) is 67.5 Å². The summed E-state index contributed by atoms with van der Waals surface area (Å²) >= 11 is 0. The smallest absolute Gasteiger partial charge is 0.261 e. The molecule has 2 aromatic carbocycles. The molecule has 31 heavy (non-hydrogen) atoms. The Hall–Kier alpha value is -2.38. The van der Waals surface area contributed by atoms with E-state index in [0.717, 1.165) is 56.3 Å². The molecule has 2 aliphatic rings. The van der Waals surface area contributed by atoms with Crippen LogP contribution in [0.3, 0.4) is 0 Å². The molecule has 6 nitrogen and oxygen atoms in total. The third-order valence-corrected chi connectivity index (χ3v) is 7.56. The predicted octanol–water partition coefficient (Wildman–Crippen LogP) is 3.77. The van der Waals surface area contributed by atoms with Crippen molar-refractivity contribution in [2.24, 2.45) is 0 Å². The van der Waals surface area contributed by atoms with E-state index in [1.54, 1.807) is 24.3 Å². The quantitative estimate of drug-likeness (QED) is 0.619. The predicted molar refractivity (Wildman–Crippen MR) is 121 cm³/mol. The van der Waals surface area contributed by atoms with E-state index in [9.17, 15) is 13.2 Å². The number of hydrogen-bond acceptors (Lipinski definition) is 4. The second kappa shape index (κ2) is 9.01. The van der Waals surface area contributed by atoms with Gasteiger partial charge in [-0.25, -0.2) is 8.42 Å². The number of carbonyl (C=O) groups excluding carboxylic acids is 1. The summed E-state index contributed by atoms with van der Waals surface area (Å²) in [6.07, 6.45) is 5.71. The van der Waals surface area contributed by atoms with Gasteiger partial charge < -0.3 is 10.1 Å². The Balaban J connectivity index is 1.40. The molecule has 7 heteroatoms. The van der Waals surface area contributed by atoms with Gasteiger partial charge in [0.25, 0.3) is 10.0 Å². The Morgan fingerprint density at radius 3 is 2.39 bits per heavy atom. The van der Waals surface area contributed by atoms with E-state index >= 15 is 0 Å². The van der Waals surface area contributed by atoms with Crippen LogP contribution in [0.1, 0.15) is 50.2 Å². The topological polar surface area (TPSA) is 84.5 Å². The summed E-state index contributed by atoms with van der Waals surface area (Å²) in [6.45, 7) is 3.41. The number of amides is 1. The van der Waals surface area contributed by atoms with E-state index in [2.05, 4.69) is 17.0 Å². The highest BCUT2D eigenvalue weighted by molar-refractivity contribution is 7.92. The molecule has 1 heterocycles. The molecule has 0 unspecified atom stereocenters. The van der Waals surface area contributed by atoms with Gasteiger partial charge in [0.2, 0.25) is 5.91 Å². The lowest BCUT2D eigenvalue weighted by Crippen LogP contribution is -2.39. The Labute approximate surface area is 184 Å². The zero-order chi connectivity index (χ0) is 21.9. The van der Waals surface area contributed by atoms with E-state index in [-0.39, 0.29) is 16.9 Å². The molecule has 1 amide bonds. The van der Waals surface area contributed by atoms with Crippen LogP contribution in [-0.2, 0) is 31.4 Å². The minimum atomic E-state index is -3.66. The highest BCUT2D eigenvalue weighted by Gasteiger charge is 2.51. The largest absolute Gasteiger partial charge is 0.376 e. The minimum absolute atomic E-state index is 0.0310. The summed E-state index contributed by atoms with van der Waals surface area (Å²) < 4.78 is 33.6. The van der Waals surface area contributed by atoms with Crippen LogP contribution in [0.2, 0.25) is 0 Å². The lowest BCUT2D eigenvalue weighted by molar-refractivity contribution is -0.124. The van der Waals surface area contributed by atoms with Crippen molar-refractivity contribution >= 4 is 21.6 Å². The molecule has 1 saturated heterocycles. The Morgan fingerprint density at radius 2 is 1.81 bits per heavy atom. The number of hydrogen-bond donors (Lipinski definition) is 2. The summed E-state index contributed by atoms with van der Waals surface area (Å²) in [4.78, 5) is 13.0. The van der Waals surface area contributed by atoms with E-state index in [1.165, 1.54) is 0 Å². The number of anilines is 1. The van der Waals surface area contributed by atoms with Crippen LogP contribution in [0, 0.1) is 0 Å². The Morgan fingerprint density at radius 1 is 1.10 bits per heavy atom. The lowest BCUT2D eigenvalue weighted by Gasteiger charge is -2.18. The third kappa shape index (κ3) is 4.93. The molecule has 2 N–H and O–H groups in total. The zero-order valence-electron chi connectivity index (χ0n) is 17.9. The molecule has 1 aliphatic heterocycles. The van der Waals surface area contributed by atoms with E-state index in [4.69, 9.17) is 4.74 Å². The minimum Gasteiger partial charge on any atom is -0.376 e. The van der Waals surface area contributed by atoms with Gasteiger partial charge in [-0.3, -0.25) is 9.52 Å². The average molecular weight is 443 g/mol. The first-order valence-corrected chi connectivity index (χ1v) is 12.5. The summed E-state index contributed by atoms with van der Waals surface area (Å²) in [5.74, 6) is 0.0310. The van der Waals surface area contributed by atoms with Gasteiger partial charge in [-0.2, -0.15) is 0 Å². The fourth-order valence-electron chi connectivity index (χ4n) is 4.15. The van der Waals surface area contributed by atoms with Gasteiger partial charge in [0.05, 0.1) is 16.4 Å². The summed E-state index contributed by atoms with van der Waals surface area (Å²) in [6, 6.07) is 14.1. The van der Waals surface area contributed by atoms with Crippen LogP contribution in [-0.4, -0.2) is 33.6 Å². The van der Waals surface area contributed by atoms with Crippen molar-refractivity contribution in [3.63, 3.8) is 0 Å². The summed E-state index contributed by atoms with van der Waals surface area (Å²) in [7, 11) is -3.66. The van der Waals surface area contributed by atoms with Crippen LogP contribution < -0.4 is 10.0 Å². The van der Waals surface area contributed by atoms with Crippen molar-refractivity contribution < 1.29 is 17.9 Å². The first-order chi connectivity index (χ1) is 14.9. The number of aryl methyl sites for hydroxylation is 1. The van der Waals surface area contributed by atoms with Gasteiger partial charge in [-0.15, -0.1) is 0 Å². The van der Waals surface area contributed by atoms with Crippen LogP contribution in [0.25, 0.3) is 0 Å². The molecule has 1 saturated carbocycles. The highest BCUT2D eigenvalue weighted by Crippen LogP contribution is 2.48. The molecule has 1 atom stereocenters. The van der Waals surface area contributed by atoms with Gasteiger partial charge >= 0.3 is 0 Å². The maximum atomic E-state index is 12.8. The van der Waals surface area contributed by atoms with Gasteiger partial charge in [-0.1, -0.05) is 37.6 Å². The number of sulfonamides is 1. The maximum absolute atomic E-state index is 12.8. The van der Waals surface area contributed by atoms with E-state index in [0.29, 0.717) is 12.2 Å². The summed E-state index contributed by atoms with van der Waals surface area (Å²) in [5, 5.41) is 3.04. The molecule has 2 fully saturated rings. The van der Waals surface area contributed by atoms with E-state index in [1.807, 2.05) is 24.3 Å². The molecule has 0 aromatic heterocycles. The number of benzene rings is 2. The van der Waals surface area contributed by atoms with Gasteiger partial charge in [0.1, 0.15) is 0 Å². The van der Waals surface area contributed by atoms with E-state index < -0.39 is 15.4 Å². The molecule has 1 aliphatic carbocycles. The molecule has 4 rings (SSSR count). The third-order valence-electron chi connectivity index (χ3n) is 6.16. The van der Waals surface area contributed by atoms with Crippen molar-refractivity contribution in [1.82, 2.24) is 5.32 Å². The first-order valence-electron chi connectivity index (χ1n) is 11.1. The first kappa shape index (κ1) is 21.8. The molecule has 0 spiro atoms. The molecule has 0 radical (unpaired) electrons. The van der Waals surface area contributed by atoms with Gasteiger partial charge in [0, 0.05) is 18.8 Å². The number of carbonyl (C=O) groups is 1. The van der Waals surface area contributed by atoms with Crippen LogP contribution in [0.5, 0.6) is 0 Å². The van der Waals surface area contributed by atoms with Crippen molar-refractivity contribution in [1.29, 1.82) is 0 Å².